The van der Waals surface area contributed by atoms with Crippen LogP contribution in [0.1, 0.15) is 15.9 Å². The predicted octanol–water partition coefficient (Wildman–Crippen LogP) is 3.60. The second-order valence-corrected chi connectivity index (χ2v) is 6.16. The summed E-state index contributed by atoms with van der Waals surface area (Å²) in [7, 11) is 1.64. The van der Waals surface area contributed by atoms with Crippen LogP contribution >= 0.6 is 0 Å². The summed E-state index contributed by atoms with van der Waals surface area (Å²) in [5.74, 6) is 1.21. The summed E-state index contributed by atoms with van der Waals surface area (Å²) < 4.78 is 6.83. The molecule has 0 bridgehead atoms. The molecule has 0 fully saturated rings. The molecule has 0 aliphatic rings. The van der Waals surface area contributed by atoms with Gasteiger partial charge in [-0.1, -0.05) is 30.3 Å². The molecule has 0 unspecified atom stereocenters. The third kappa shape index (κ3) is 3.78. The number of nitrogens with one attached hydrogen (secondary N) is 2. The van der Waals surface area contributed by atoms with Crippen LogP contribution in [0.15, 0.2) is 73.1 Å². The zero-order valence-electron chi connectivity index (χ0n) is 15.3. The molecule has 28 heavy (non-hydrogen) atoms. The number of fused-ring (bicyclic) bond motifs is 1. The van der Waals surface area contributed by atoms with Gasteiger partial charge in [-0.2, -0.15) is 5.10 Å². The van der Waals surface area contributed by atoms with Gasteiger partial charge >= 0.3 is 0 Å². The maximum atomic E-state index is 12.6. The Morgan fingerprint density at radius 2 is 1.96 bits per heavy atom. The van der Waals surface area contributed by atoms with Gasteiger partial charge in [0.2, 0.25) is 0 Å². The van der Waals surface area contributed by atoms with Crippen molar-refractivity contribution in [2.24, 2.45) is 0 Å². The van der Waals surface area contributed by atoms with E-state index in [0.29, 0.717) is 23.6 Å². The SMILES string of the molecule is COc1cccc(CNc2ccn3ncc(C(=O)Nc4ccccc4)c3n2)c1. The summed E-state index contributed by atoms with van der Waals surface area (Å²) in [5, 5.41) is 10.3. The normalized spacial score (nSPS) is 10.6. The summed E-state index contributed by atoms with van der Waals surface area (Å²) in [4.78, 5) is 17.2. The van der Waals surface area contributed by atoms with E-state index in [4.69, 9.17) is 4.74 Å². The zero-order valence-corrected chi connectivity index (χ0v) is 15.3. The molecular formula is C21H19N5O2. The first-order valence-electron chi connectivity index (χ1n) is 8.80. The van der Waals surface area contributed by atoms with Gasteiger partial charge in [-0.3, -0.25) is 4.79 Å². The maximum Gasteiger partial charge on any atom is 0.261 e. The largest absolute Gasteiger partial charge is 0.497 e. The average molecular weight is 373 g/mol. The van der Waals surface area contributed by atoms with Crippen molar-refractivity contribution < 1.29 is 9.53 Å². The fraction of sp³-hybridized carbons (Fsp3) is 0.0952. The molecule has 7 nitrogen and oxygen atoms in total. The average Bonchev–Trinajstić information content (AvgIpc) is 3.16. The van der Waals surface area contributed by atoms with E-state index in [1.165, 1.54) is 6.20 Å². The monoisotopic (exact) mass is 373 g/mol. The van der Waals surface area contributed by atoms with Gasteiger partial charge in [-0.15, -0.1) is 0 Å². The van der Waals surface area contributed by atoms with E-state index in [2.05, 4.69) is 20.7 Å². The van der Waals surface area contributed by atoms with Crippen LogP contribution in [0, 0.1) is 0 Å². The molecule has 0 spiro atoms. The highest BCUT2D eigenvalue weighted by atomic mass is 16.5. The van der Waals surface area contributed by atoms with E-state index in [1.807, 2.05) is 60.7 Å². The quantitative estimate of drug-likeness (QED) is 0.540. The fourth-order valence-corrected chi connectivity index (χ4v) is 2.82. The number of anilines is 2. The third-order valence-electron chi connectivity index (χ3n) is 4.25. The lowest BCUT2D eigenvalue weighted by Gasteiger charge is -2.08. The van der Waals surface area contributed by atoms with Crippen molar-refractivity contribution in [3.8, 4) is 5.75 Å². The molecule has 0 radical (unpaired) electrons. The molecule has 2 heterocycles. The Morgan fingerprint density at radius 3 is 2.79 bits per heavy atom. The van der Waals surface area contributed by atoms with Crippen LogP contribution in [0.3, 0.4) is 0 Å². The zero-order chi connectivity index (χ0) is 19.3. The Balaban J connectivity index is 1.53. The first kappa shape index (κ1) is 17.5. The van der Waals surface area contributed by atoms with Gasteiger partial charge in [0, 0.05) is 18.4 Å². The molecular weight excluding hydrogens is 354 g/mol. The van der Waals surface area contributed by atoms with Crippen molar-refractivity contribution >= 4 is 23.1 Å². The highest BCUT2D eigenvalue weighted by Gasteiger charge is 2.14. The number of aromatic nitrogens is 3. The summed E-state index contributed by atoms with van der Waals surface area (Å²) >= 11 is 0. The standard InChI is InChI=1S/C21H19N5O2/c1-28-17-9-5-6-15(12-17)13-22-19-10-11-26-20(25-19)18(14-23-26)21(27)24-16-7-3-2-4-8-16/h2-12,14H,13H2,1H3,(H,22,25)(H,24,27). The molecule has 2 N–H and O–H groups in total. The Hall–Kier alpha value is -3.87. The number of para-hydroxylation sites is 1. The van der Waals surface area contributed by atoms with Gasteiger partial charge in [0.05, 0.1) is 13.3 Å². The van der Waals surface area contributed by atoms with Gasteiger partial charge in [0.25, 0.3) is 5.91 Å². The number of carbonyl (C=O) groups excluding carboxylic acids is 1. The van der Waals surface area contributed by atoms with Crippen LogP contribution in [0.4, 0.5) is 11.5 Å². The highest BCUT2D eigenvalue weighted by molar-refractivity contribution is 6.08. The van der Waals surface area contributed by atoms with E-state index < -0.39 is 0 Å². The highest BCUT2D eigenvalue weighted by Crippen LogP contribution is 2.16. The van der Waals surface area contributed by atoms with Gasteiger partial charge in [-0.25, -0.2) is 9.50 Å². The third-order valence-corrected chi connectivity index (χ3v) is 4.25. The summed E-state index contributed by atoms with van der Waals surface area (Å²) in [6.07, 6.45) is 3.29. The smallest absolute Gasteiger partial charge is 0.261 e. The lowest BCUT2D eigenvalue weighted by molar-refractivity contribution is 0.102. The van der Waals surface area contributed by atoms with Crippen LogP contribution in [0.5, 0.6) is 5.75 Å². The fourth-order valence-electron chi connectivity index (χ4n) is 2.82. The Labute approximate surface area is 162 Å². The molecule has 0 saturated carbocycles. The predicted molar refractivity (Wildman–Crippen MR) is 108 cm³/mol. The van der Waals surface area contributed by atoms with Crippen LogP contribution < -0.4 is 15.4 Å². The van der Waals surface area contributed by atoms with Gasteiger partial charge < -0.3 is 15.4 Å². The Morgan fingerprint density at radius 1 is 1.11 bits per heavy atom. The minimum absolute atomic E-state index is 0.251. The topological polar surface area (TPSA) is 80.5 Å². The Bertz CT molecular complexity index is 1110. The summed E-state index contributed by atoms with van der Waals surface area (Å²) in [6, 6.07) is 18.9. The molecule has 0 saturated heterocycles. The van der Waals surface area contributed by atoms with Crippen molar-refractivity contribution in [1.29, 1.82) is 0 Å². The summed E-state index contributed by atoms with van der Waals surface area (Å²) in [5.41, 5.74) is 2.69. The second kappa shape index (κ2) is 7.79. The lowest BCUT2D eigenvalue weighted by Crippen LogP contribution is -2.12. The molecule has 1 amide bonds. The number of nitrogens with zero attached hydrogens (tertiary/aromatic N) is 3. The van der Waals surface area contributed by atoms with E-state index in [1.54, 1.807) is 17.8 Å². The number of ether oxygens (including phenoxy) is 1. The summed E-state index contributed by atoms with van der Waals surface area (Å²) in [6.45, 7) is 0.583. The lowest BCUT2D eigenvalue weighted by atomic mass is 10.2. The number of carbonyl (C=O) groups is 1. The van der Waals surface area contributed by atoms with Gasteiger partial charge in [-0.05, 0) is 35.9 Å². The maximum absolute atomic E-state index is 12.6. The first-order chi connectivity index (χ1) is 13.7. The molecule has 2 aromatic carbocycles. The molecule has 140 valence electrons. The molecule has 4 rings (SSSR count). The number of rotatable bonds is 6. The number of hydrogen-bond donors (Lipinski definition) is 2. The molecule has 4 aromatic rings. The molecule has 0 aliphatic heterocycles. The first-order valence-corrected chi connectivity index (χ1v) is 8.80. The number of amides is 1. The van der Waals surface area contributed by atoms with Crippen molar-refractivity contribution in [1.82, 2.24) is 14.6 Å². The number of hydrogen-bond acceptors (Lipinski definition) is 5. The van der Waals surface area contributed by atoms with Crippen LogP contribution in [0.25, 0.3) is 5.65 Å². The van der Waals surface area contributed by atoms with Crippen molar-refractivity contribution in [2.75, 3.05) is 17.7 Å². The van der Waals surface area contributed by atoms with E-state index in [9.17, 15) is 4.79 Å². The van der Waals surface area contributed by atoms with Crippen LogP contribution in [-0.2, 0) is 6.54 Å². The number of benzene rings is 2. The minimum atomic E-state index is -0.251. The van der Waals surface area contributed by atoms with E-state index in [0.717, 1.165) is 17.0 Å². The van der Waals surface area contributed by atoms with Crippen LogP contribution in [0.2, 0.25) is 0 Å². The van der Waals surface area contributed by atoms with Crippen LogP contribution in [-0.4, -0.2) is 27.6 Å². The van der Waals surface area contributed by atoms with Crippen molar-refractivity contribution in [3.05, 3.63) is 84.2 Å². The second-order valence-electron chi connectivity index (χ2n) is 6.16. The van der Waals surface area contributed by atoms with E-state index in [-0.39, 0.29) is 5.91 Å². The molecule has 0 aliphatic carbocycles. The van der Waals surface area contributed by atoms with E-state index >= 15 is 0 Å². The van der Waals surface area contributed by atoms with Gasteiger partial charge in [0.15, 0.2) is 5.65 Å². The van der Waals surface area contributed by atoms with Crippen molar-refractivity contribution in [2.45, 2.75) is 6.54 Å². The molecule has 0 atom stereocenters. The Kier molecular flexibility index (Phi) is 4.88. The van der Waals surface area contributed by atoms with Gasteiger partial charge in [0.1, 0.15) is 17.1 Å². The molecule has 2 aromatic heterocycles. The van der Waals surface area contributed by atoms with Crippen molar-refractivity contribution in [3.63, 3.8) is 0 Å². The number of methoxy groups -OCH3 is 1. The molecule has 7 heteroatoms. The minimum Gasteiger partial charge on any atom is -0.497 e.